The van der Waals surface area contributed by atoms with Crippen molar-refractivity contribution in [3.05, 3.63) is 18.0 Å². The molecule has 108 valence electrons. The topological polar surface area (TPSA) is 83.8 Å². The van der Waals surface area contributed by atoms with E-state index in [9.17, 15) is 0 Å². The van der Waals surface area contributed by atoms with Crippen molar-refractivity contribution in [2.45, 2.75) is 13.5 Å². The summed E-state index contributed by atoms with van der Waals surface area (Å²) in [6.07, 6.45) is 3.76. The normalized spacial score (nSPS) is 10.4. The molecule has 0 atom stereocenters. The zero-order valence-corrected chi connectivity index (χ0v) is 12.3. The van der Waals surface area contributed by atoms with Crippen LogP contribution < -0.4 is 15.5 Å². The summed E-state index contributed by atoms with van der Waals surface area (Å²) in [4.78, 5) is 14.9. The minimum Gasteiger partial charge on any atom is -0.354 e. The van der Waals surface area contributed by atoms with Gasteiger partial charge in [0.25, 0.3) is 0 Å². The van der Waals surface area contributed by atoms with Crippen LogP contribution in [0.15, 0.2) is 12.4 Å². The van der Waals surface area contributed by atoms with E-state index in [1.54, 1.807) is 4.68 Å². The SMILES string of the molecule is CCNc1nc(NCc2cnn(C)c2)nc(N(C)C)n1. The molecule has 8 heteroatoms. The van der Waals surface area contributed by atoms with Gasteiger partial charge in [-0.15, -0.1) is 0 Å². The highest BCUT2D eigenvalue weighted by Crippen LogP contribution is 2.12. The Kier molecular flexibility index (Phi) is 4.34. The second-order valence-electron chi connectivity index (χ2n) is 4.58. The maximum Gasteiger partial charge on any atom is 0.231 e. The third-order valence-corrected chi connectivity index (χ3v) is 2.57. The van der Waals surface area contributed by atoms with E-state index in [0.29, 0.717) is 24.4 Å². The van der Waals surface area contributed by atoms with E-state index < -0.39 is 0 Å². The highest BCUT2D eigenvalue weighted by atomic mass is 15.3. The fraction of sp³-hybridized carbons (Fsp3) is 0.500. The van der Waals surface area contributed by atoms with Crippen LogP contribution in [-0.4, -0.2) is 45.4 Å². The quantitative estimate of drug-likeness (QED) is 0.804. The molecule has 2 N–H and O–H groups in total. The molecule has 0 fully saturated rings. The molecular formula is C12H20N8. The molecule has 2 aromatic rings. The number of nitrogens with one attached hydrogen (secondary N) is 2. The Morgan fingerprint density at radius 2 is 1.85 bits per heavy atom. The van der Waals surface area contributed by atoms with Crippen molar-refractivity contribution in [1.82, 2.24) is 24.7 Å². The summed E-state index contributed by atoms with van der Waals surface area (Å²) in [7, 11) is 5.69. The lowest BCUT2D eigenvalue weighted by Gasteiger charge is -2.13. The average molecular weight is 276 g/mol. The van der Waals surface area contributed by atoms with Crippen LogP contribution in [0.3, 0.4) is 0 Å². The van der Waals surface area contributed by atoms with Gasteiger partial charge in [-0.05, 0) is 6.92 Å². The fourth-order valence-corrected chi connectivity index (χ4v) is 1.63. The van der Waals surface area contributed by atoms with Crippen LogP contribution in [0.2, 0.25) is 0 Å². The van der Waals surface area contributed by atoms with Crippen molar-refractivity contribution in [3.63, 3.8) is 0 Å². The lowest BCUT2D eigenvalue weighted by atomic mass is 10.4. The molecule has 0 aliphatic rings. The highest BCUT2D eigenvalue weighted by molar-refractivity contribution is 5.43. The Labute approximate surface area is 118 Å². The Balaban J connectivity index is 2.13. The second-order valence-corrected chi connectivity index (χ2v) is 4.58. The number of hydrogen-bond acceptors (Lipinski definition) is 7. The van der Waals surface area contributed by atoms with Gasteiger partial charge in [-0.25, -0.2) is 0 Å². The molecule has 0 radical (unpaired) electrons. The lowest BCUT2D eigenvalue weighted by Crippen LogP contribution is -2.17. The highest BCUT2D eigenvalue weighted by Gasteiger charge is 2.07. The van der Waals surface area contributed by atoms with E-state index in [2.05, 4.69) is 30.7 Å². The Morgan fingerprint density at radius 3 is 2.40 bits per heavy atom. The van der Waals surface area contributed by atoms with Gasteiger partial charge in [0.2, 0.25) is 17.8 Å². The molecule has 0 spiro atoms. The van der Waals surface area contributed by atoms with Crippen molar-refractivity contribution in [1.29, 1.82) is 0 Å². The number of hydrogen-bond donors (Lipinski definition) is 2. The van der Waals surface area contributed by atoms with Gasteiger partial charge in [-0.3, -0.25) is 4.68 Å². The minimum atomic E-state index is 0.545. The third-order valence-electron chi connectivity index (χ3n) is 2.57. The first-order valence-corrected chi connectivity index (χ1v) is 6.47. The predicted molar refractivity (Wildman–Crippen MR) is 78.9 cm³/mol. The maximum absolute atomic E-state index is 4.36. The van der Waals surface area contributed by atoms with Crippen LogP contribution in [-0.2, 0) is 13.6 Å². The predicted octanol–water partition coefficient (Wildman–Crippen LogP) is 0.715. The molecule has 0 amide bonds. The zero-order chi connectivity index (χ0) is 14.5. The van der Waals surface area contributed by atoms with E-state index in [0.717, 1.165) is 12.1 Å². The smallest absolute Gasteiger partial charge is 0.231 e. The van der Waals surface area contributed by atoms with Crippen LogP contribution in [0.25, 0.3) is 0 Å². The molecule has 0 aliphatic carbocycles. The Morgan fingerprint density at radius 1 is 1.15 bits per heavy atom. The number of nitrogens with zero attached hydrogens (tertiary/aromatic N) is 6. The van der Waals surface area contributed by atoms with E-state index >= 15 is 0 Å². The summed E-state index contributed by atoms with van der Waals surface area (Å²) in [6.45, 7) is 3.39. The molecule has 0 unspecified atom stereocenters. The molecule has 0 aromatic carbocycles. The van der Waals surface area contributed by atoms with Gasteiger partial charge in [0, 0.05) is 46.0 Å². The van der Waals surface area contributed by atoms with Crippen LogP contribution in [0.1, 0.15) is 12.5 Å². The van der Waals surface area contributed by atoms with E-state index in [4.69, 9.17) is 0 Å². The zero-order valence-electron chi connectivity index (χ0n) is 12.3. The largest absolute Gasteiger partial charge is 0.354 e. The van der Waals surface area contributed by atoms with Crippen molar-refractivity contribution in [2.75, 3.05) is 36.2 Å². The fourth-order valence-electron chi connectivity index (χ4n) is 1.63. The van der Waals surface area contributed by atoms with Crippen LogP contribution >= 0.6 is 0 Å². The monoisotopic (exact) mass is 276 g/mol. The molecule has 8 nitrogen and oxygen atoms in total. The van der Waals surface area contributed by atoms with Gasteiger partial charge >= 0.3 is 0 Å². The van der Waals surface area contributed by atoms with Crippen LogP contribution in [0.4, 0.5) is 17.8 Å². The van der Waals surface area contributed by atoms with Gasteiger partial charge in [-0.1, -0.05) is 0 Å². The molecule has 20 heavy (non-hydrogen) atoms. The number of anilines is 3. The summed E-state index contributed by atoms with van der Waals surface area (Å²) in [5.41, 5.74) is 1.07. The number of aromatic nitrogens is 5. The summed E-state index contributed by atoms with van der Waals surface area (Å²) in [5, 5.41) is 10.4. The van der Waals surface area contributed by atoms with Gasteiger partial charge in [0.15, 0.2) is 0 Å². The Hall–Kier alpha value is -2.38. The van der Waals surface area contributed by atoms with Crippen molar-refractivity contribution < 1.29 is 0 Å². The number of rotatable bonds is 6. The lowest BCUT2D eigenvalue weighted by molar-refractivity contribution is 0.767. The van der Waals surface area contributed by atoms with Gasteiger partial charge < -0.3 is 15.5 Å². The van der Waals surface area contributed by atoms with E-state index in [1.807, 2.05) is 45.4 Å². The maximum atomic E-state index is 4.36. The van der Waals surface area contributed by atoms with Gasteiger partial charge in [0.1, 0.15) is 0 Å². The molecule has 0 aliphatic heterocycles. The van der Waals surface area contributed by atoms with Crippen molar-refractivity contribution in [2.24, 2.45) is 7.05 Å². The third kappa shape index (κ3) is 3.56. The minimum absolute atomic E-state index is 0.545. The first-order valence-electron chi connectivity index (χ1n) is 6.47. The molecule has 0 saturated heterocycles. The van der Waals surface area contributed by atoms with E-state index in [1.165, 1.54) is 0 Å². The summed E-state index contributed by atoms with van der Waals surface area (Å²) >= 11 is 0. The van der Waals surface area contributed by atoms with Crippen molar-refractivity contribution >= 4 is 17.8 Å². The molecule has 2 heterocycles. The second kappa shape index (κ2) is 6.18. The average Bonchev–Trinajstić information content (AvgIpc) is 2.82. The first kappa shape index (κ1) is 14.0. The molecule has 0 saturated carbocycles. The van der Waals surface area contributed by atoms with Crippen molar-refractivity contribution in [3.8, 4) is 0 Å². The van der Waals surface area contributed by atoms with Crippen LogP contribution in [0.5, 0.6) is 0 Å². The van der Waals surface area contributed by atoms with Gasteiger partial charge in [0.05, 0.1) is 6.20 Å². The van der Waals surface area contributed by atoms with Crippen LogP contribution in [0, 0.1) is 0 Å². The summed E-state index contributed by atoms with van der Waals surface area (Å²) in [6, 6.07) is 0. The molecule has 2 rings (SSSR count). The van der Waals surface area contributed by atoms with E-state index in [-0.39, 0.29) is 0 Å². The molecule has 0 bridgehead atoms. The summed E-state index contributed by atoms with van der Waals surface area (Å²) in [5.74, 6) is 1.73. The molecular weight excluding hydrogens is 256 g/mol. The Bertz CT molecular complexity index is 562. The standard InChI is InChI=1S/C12H20N8/c1-5-13-10-16-11(18-12(17-10)19(2)3)14-6-9-7-15-20(4)8-9/h7-8H,5-6H2,1-4H3,(H2,13,14,16,17,18). The summed E-state index contributed by atoms with van der Waals surface area (Å²) < 4.78 is 1.76. The molecule has 2 aromatic heterocycles. The first-order chi connectivity index (χ1) is 9.58. The van der Waals surface area contributed by atoms with Gasteiger partial charge in [-0.2, -0.15) is 20.1 Å². The number of aryl methyl sites for hydroxylation is 1.